The second-order valence-corrected chi connectivity index (χ2v) is 2.68. The van der Waals surface area contributed by atoms with Gasteiger partial charge in [0.15, 0.2) is 0 Å². The standard InChI is InChI=1S/C8H14N2O3/c1-4-5-10(3)8(13)9-6(2)7(11)12/h4,6H,1,5H2,2-3H3,(H,9,13)(H,11,12). The number of likely N-dealkylation sites (N-methyl/N-ethyl adjacent to an activating group) is 1. The van der Waals surface area contributed by atoms with Gasteiger partial charge in [0.05, 0.1) is 0 Å². The molecule has 0 bridgehead atoms. The molecule has 0 saturated heterocycles. The van der Waals surface area contributed by atoms with Gasteiger partial charge in [-0.15, -0.1) is 6.58 Å². The van der Waals surface area contributed by atoms with Gasteiger partial charge in [-0.3, -0.25) is 4.79 Å². The molecule has 74 valence electrons. The Balaban J connectivity index is 3.99. The van der Waals surface area contributed by atoms with Crippen molar-refractivity contribution in [2.45, 2.75) is 13.0 Å². The van der Waals surface area contributed by atoms with Crippen LogP contribution in [0.4, 0.5) is 4.79 Å². The van der Waals surface area contributed by atoms with E-state index in [0.29, 0.717) is 6.54 Å². The van der Waals surface area contributed by atoms with Crippen LogP contribution in [0.5, 0.6) is 0 Å². The minimum absolute atomic E-state index is 0.387. The van der Waals surface area contributed by atoms with E-state index in [9.17, 15) is 9.59 Å². The quantitative estimate of drug-likeness (QED) is 0.620. The zero-order valence-corrected chi connectivity index (χ0v) is 7.78. The highest BCUT2D eigenvalue weighted by Gasteiger charge is 2.15. The van der Waals surface area contributed by atoms with Gasteiger partial charge in [0.2, 0.25) is 0 Å². The van der Waals surface area contributed by atoms with Crippen LogP contribution in [0.15, 0.2) is 12.7 Å². The highest BCUT2D eigenvalue weighted by Crippen LogP contribution is 1.88. The molecule has 1 atom stereocenters. The summed E-state index contributed by atoms with van der Waals surface area (Å²) in [6, 6.07) is -1.30. The number of hydrogen-bond acceptors (Lipinski definition) is 2. The zero-order valence-electron chi connectivity index (χ0n) is 7.78. The molecule has 13 heavy (non-hydrogen) atoms. The number of carbonyl (C=O) groups is 2. The molecule has 0 aliphatic carbocycles. The number of nitrogens with zero attached hydrogens (tertiary/aromatic N) is 1. The van der Waals surface area contributed by atoms with Crippen molar-refractivity contribution < 1.29 is 14.7 Å². The van der Waals surface area contributed by atoms with Crippen LogP contribution in [-0.2, 0) is 4.79 Å². The fourth-order valence-electron chi connectivity index (χ4n) is 0.634. The monoisotopic (exact) mass is 186 g/mol. The van der Waals surface area contributed by atoms with E-state index in [1.807, 2.05) is 0 Å². The lowest BCUT2D eigenvalue weighted by molar-refractivity contribution is -0.138. The number of carboxylic acid groups (broad SMARTS) is 1. The highest BCUT2D eigenvalue weighted by atomic mass is 16.4. The molecule has 2 N–H and O–H groups in total. The molecule has 0 saturated carbocycles. The lowest BCUT2D eigenvalue weighted by atomic mass is 10.3. The molecule has 0 radical (unpaired) electrons. The number of hydrogen-bond donors (Lipinski definition) is 2. The van der Waals surface area contributed by atoms with Gasteiger partial charge < -0.3 is 15.3 Å². The second-order valence-electron chi connectivity index (χ2n) is 2.68. The van der Waals surface area contributed by atoms with Crippen molar-refractivity contribution in [3.05, 3.63) is 12.7 Å². The summed E-state index contributed by atoms with van der Waals surface area (Å²) in [6.07, 6.45) is 1.56. The molecule has 0 aliphatic rings. The van der Waals surface area contributed by atoms with Gasteiger partial charge in [0, 0.05) is 13.6 Å². The average Bonchev–Trinajstić information content (AvgIpc) is 2.04. The number of urea groups is 1. The van der Waals surface area contributed by atoms with E-state index in [0.717, 1.165) is 0 Å². The van der Waals surface area contributed by atoms with E-state index in [4.69, 9.17) is 5.11 Å². The first kappa shape index (κ1) is 11.5. The maximum atomic E-state index is 11.2. The van der Waals surface area contributed by atoms with Gasteiger partial charge in [-0.25, -0.2) is 4.79 Å². The van der Waals surface area contributed by atoms with Crippen molar-refractivity contribution in [1.82, 2.24) is 10.2 Å². The van der Waals surface area contributed by atoms with Crippen LogP contribution in [0.1, 0.15) is 6.92 Å². The van der Waals surface area contributed by atoms with Crippen LogP contribution in [0, 0.1) is 0 Å². The normalized spacial score (nSPS) is 11.5. The lowest BCUT2D eigenvalue weighted by Crippen LogP contribution is -2.45. The molecule has 1 unspecified atom stereocenters. The third-order valence-corrected chi connectivity index (χ3v) is 1.46. The van der Waals surface area contributed by atoms with E-state index < -0.39 is 18.0 Å². The summed E-state index contributed by atoms with van der Waals surface area (Å²) in [5.41, 5.74) is 0. The molecule has 0 aromatic carbocycles. The summed E-state index contributed by atoms with van der Waals surface area (Å²) < 4.78 is 0. The molecular weight excluding hydrogens is 172 g/mol. The molecule has 0 rings (SSSR count). The van der Waals surface area contributed by atoms with E-state index >= 15 is 0 Å². The molecule has 5 heteroatoms. The number of amides is 2. The molecule has 0 aromatic heterocycles. The van der Waals surface area contributed by atoms with Crippen LogP contribution < -0.4 is 5.32 Å². The van der Waals surface area contributed by atoms with Gasteiger partial charge in [-0.1, -0.05) is 6.08 Å². The van der Waals surface area contributed by atoms with Crippen molar-refractivity contribution in [3.63, 3.8) is 0 Å². The predicted octanol–water partition coefficient (Wildman–Crippen LogP) is 0.287. The predicted molar refractivity (Wildman–Crippen MR) is 48.5 cm³/mol. The van der Waals surface area contributed by atoms with Crippen molar-refractivity contribution >= 4 is 12.0 Å². The maximum absolute atomic E-state index is 11.2. The molecule has 5 nitrogen and oxygen atoms in total. The van der Waals surface area contributed by atoms with Crippen molar-refractivity contribution in [2.75, 3.05) is 13.6 Å². The summed E-state index contributed by atoms with van der Waals surface area (Å²) in [6.45, 7) is 5.25. The van der Waals surface area contributed by atoms with Crippen molar-refractivity contribution in [3.8, 4) is 0 Å². The van der Waals surface area contributed by atoms with Gasteiger partial charge in [-0.2, -0.15) is 0 Å². The molecule has 2 amide bonds. The Labute approximate surface area is 77.0 Å². The molecular formula is C8H14N2O3. The SMILES string of the molecule is C=CCN(C)C(=O)NC(C)C(=O)O. The summed E-state index contributed by atoms with van der Waals surface area (Å²) in [4.78, 5) is 22.9. The number of carbonyl (C=O) groups excluding carboxylic acids is 1. The van der Waals surface area contributed by atoms with Gasteiger partial charge in [0.25, 0.3) is 0 Å². The molecule has 0 spiro atoms. The zero-order chi connectivity index (χ0) is 10.4. The van der Waals surface area contributed by atoms with Gasteiger partial charge in [-0.05, 0) is 6.92 Å². The largest absolute Gasteiger partial charge is 0.480 e. The third-order valence-electron chi connectivity index (χ3n) is 1.46. The van der Waals surface area contributed by atoms with Crippen molar-refractivity contribution in [1.29, 1.82) is 0 Å². The summed E-state index contributed by atoms with van der Waals surface area (Å²) >= 11 is 0. The Morgan fingerprint density at radius 2 is 2.23 bits per heavy atom. The van der Waals surface area contributed by atoms with E-state index in [-0.39, 0.29) is 0 Å². The second kappa shape index (κ2) is 5.18. The van der Waals surface area contributed by atoms with E-state index in [2.05, 4.69) is 11.9 Å². The molecule has 0 aromatic rings. The number of carboxylic acids is 1. The number of nitrogens with one attached hydrogen (secondary N) is 1. The Bertz CT molecular complexity index is 215. The fraction of sp³-hybridized carbons (Fsp3) is 0.500. The lowest BCUT2D eigenvalue weighted by Gasteiger charge is -2.17. The summed E-state index contributed by atoms with van der Waals surface area (Å²) in [7, 11) is 1.56. The first-order chi connectivity index (χ1) is 5.99. The average molecular weight is 186 g/mol. The van der Waals surface area contributed by atoms with Crippen LogP contribution in [0.3, 0.4) is 0 Å². The Kier molecular flexibility index (Phi) is 4.58. The topological polar surface area (TPSA) is 69.6 Å². The Morgan fingerprint density at radius 3 is 2.62 bits per heavy atom. The van der Waals surface area contributed by atoms with Crippen LogP contribution >= 0.6 is 0 Å². The summed E-state index contributed by atoms with van der Waals surface area (Å²) in [5, 5.41) is 10.8. The van der Waals surface area contributed by atoms with E-state index in [1.54, 1.807) is 13.1 Å². The fourth-order valence-corrected chi connectivity index (χ4v) is 0.634. The summed E-state index contributed by atoms with van der Waals surface area (Å²) in [5.74, 6) is -1.06. The van der Waals surface area contributed by atoms with Gasteiger partial charge >= 0.3 is 12.0 Å². The van der Waals surface area contributed by atoms with E-state index in [1.165, 1.54) is 11.8 Å². The number of rotatable bonds is 4. The minimum Gasteiger partial charge on any atom is -0.480 e. The molecule has 0 heterocycles. The smallest absolute Gasteiger partial charge is 0.325 e. The number of aliphatic carboxylic acids is 1. The molecule has 0 aliphatic heterocycles. The first-order valence-electron chi connectivity index (χ1n) is 3.84. The molecule has 0 fully saturated rings. The van der Waals surface area contributed by atoms with Crippen LogP contribution in [0.25, 0.3) is 0 Å². The highest BCUT2D eigenvalue weighted by molar-refractivity contribution is 5.82. The third kappa shape index (κ3) is 4.15. The Morgan fingerprint density at radius 1 is 1.69 bits per heavy atom. The minimum atomic E-state index is -1.06. The first-order valence-corrected chi connectivity index (χ1v) is 3.84. The van der Waals surface area contributed by atoms with Crippen LogP contribution in [-0.4, -0.2) is 41.6 Å². The Hall–Kier alpha value is -1.52. The van der Waals surface area contributed by atoms with Gasteiger partial charge in [0.1, 0.15) is 6.04 Å². The van der Waals surface area contributed by atoms with Crippen LogP contribution in [0.2, 0.25) is 0 Å². The maximum Gasteiger partial charge on any atom is 0.325 e. The van der Waals surface area contributed by atoms with Crippen molar-refractivity contribution in [2.24, 2.45) is 0 Å².